The summed E-state index contributed by atoms with van der Waals surface area (Å²) >= 11 is 6.05. The fourth-order valence-electron chi connectivity index (χ4n) is 2.82. The van der Waals surface area contributed by atoms with Gasteiger partial charge < -0.3 is 10.1 Å². The third-order valence-electron chi connectivity index (χ3n) is 4.46. The number of aromatic nitrogens is 2. The summed E-state index contributed by atoms with van der Waals surface area (Å²) in [6.07, 6.45) is 1.93. The Kier molecular flexibility index (Phi) is 5.41. The number of aryl methyl sites for hydroxylation is 1. The van der Waals surface area contributed by atoms with Gasteiger partial charge in [-0.05, 0) is 42.3 Å². The van der Waals surface area contributed by atoms with E-state index in [-0.39, 0.29) is 6.04 Å². The second-order valence-corrected chi connectivity index (χ2v) is 6.46. The van der Waals surface area contributed by atoms with Crippen LogP contribution in [0.15, 0.2) is 54.7 Å². The molecule has 5 heteroatoms. The molecule has 0 spiro atoms. The van der Waals surface area contributed by atoms with Crippen LogP contribution in [0.1, 0.15) is 28.4 Å². The van der Waals surface area contributed by atoms with Crippen LogP contribution in [0, 0.1) is 6.92 Å². The summed E-state index contributed by atoms with van der Waals surface area (Å²) < 4.78 is 7.12. The molecule has 0 saturated carbocycles. The number of nitrogens with one attached hydrogen (secondary N) is 1. The number of nitrogens with zero attached hydrogens (tertiary/aromatic N) is 2. The van der Waals surface area contributed by atoms with E-state index < -0.39 is 0 Å². The zero-order valence-corrected chi connectivity index (χ0v) is 15.4. The van der Waals surface area contributed by atoms with Crippen LogP contribution in [0.3, 0.4) is 0 Å². The van der Waals surface area contributed by atoms with E-state index in [1.807, 2.05) is 42.2 Å². The minimum Gasteiger partial charge on any atom is -0.497 e. The van der Waals surface area contributed by atoms with E-state index in [2.05, 4.69) is 41.6 Å². The minimum atomic E-state index is 0.0491. The first-order valence-electron chi connectivity index (χ1n) is 8.18. The van der Waals surface area contributed by atoms with E-state index in [1.165, 1.54) is 11.1 Å². The minimum absolute atomic E-state index is 0.0491. The van der Waals surface area contributed by atoms with Crippen molar-refractivity contribution in [2.45, 2.75) is 19.5 Å². The summed E-state index contributed by atoms with van der Waals surface area (Å²) in [5.41, 5.74) is 4.66. The SMILES string of the molecule is COc1ccc(CNC(c2ccc(Cl)cc2)c2cnn(C)c2C)cc1. The number of rotatable bonds is 6. The van der Waals surface area contributed by atoms with E-state index in [0.717, 1.165) is 28.6 Å². The first kappa shape index (κ1) is 17.5. The Morgan fingerprint density at radius 2 is 1.80 bits per heavy atom. The Morgan fingerprint density at radius 3 is 2.36 bits per heavy atom. The van der Waals surface area contributed by atoms with Crippen LogP contribution >= 0.6 is 11.6 Å². The van der Waals surface area contributed by atoms with E-state index in [9.17, 15) is 0 Å². The molecule has 0 amide bonds. The van der Waals surface area contributed by atoms with Gasteiger partial charge in [-0.15, -0.1) is 0 Å². The van der Waals surface area contributed by atoms with Gasteiger partial charge in [-0.25, -0.2) is 0 Å². The molecule has 130 valence electrons. The molecule has 3 aromatic rings. The lowest BCUT2D eigenvalue weighted by Gasteiger charge is -2.20. The van der Waals surface area contributed by atoms with Crippen molar-refractivity contribution in [3.63, 3.8) is 0 Å². The molecule has 1 heterocycles. The van der Waals surface area contributed by atoms with E-state index >= 15 is 0 Å². The smallest absolute Gasteiger partial charge is 0.118 e. The van der Waals surface area contributed by atoms with Crippen LogP contribution in [0.25, 0.3) is 0 Å². The van der Waals surface area contributed by atoms with Crippen LogP contribution in [-0.2, 0) is 13.6 Å². The Hall–Kier alpha value is -2.30. The third-order valence-corrected chi connectivity index (χ3v) is 4.71. The molecule has 1 N–H and O–H groups in total. The summed E-state index contributed by atoms with van der Waals surface area (Å²) in [5.74, 6) is 0.862. The van der Waals surface area contributed by atoms with Crippen molar-refractivity contribution in [1.82, 2.24) is 15.1 Å². The predicted molar refractivity (Wildman–Crippen MR) is 101 cm³/mol. The summed E-state index contributed by atoms with van der Waals surface area (Å²) in [5, 5.41) is 8.77. The fraction of sp³-hybridized carbons (Fsp3) is 0.250. The summed E-state index contributed by atoms with van der Waals surface area (Å²) in [6.45, 7) is 2.83. The van der Waals surface area contributed by atoms with Crippen molar-refractivity contribution in [1.29, 1.82) is 0 Å². The van der Waals surface area contributed by atoms with Gasteiger partial charge in [0.2, 0.25) is 0 Å². The molecule has 1 aromatic heterocycles. The zero-order chi connectivity index (χ0) is 17.8. The van der Waals surface area contributed by atoms with Crippen LogP contribution in [0.4, 0.5) is 0 Å². The average Bonchev–Trinajstić information content (AvgIpc) is 2.96. The first-order chi connectivity index (χ1) is 12.1. The second kappa shape index (κ2) is 7.72. The zero-order valence-electron chi connectivity index (χ0n) is 14.7. The van der Waals surface area contributed by atoms with E-state index in [4.69, 9.17) is 16.3 Å². The van der Waals surface area contributed by atoms with Gasteiger partial charge in [-0.1, -0.05) is 35.9 Å². The normalized spacial score (nSPS) is 12.2. The van der Waals surface area contributed by atoms with Crippen molar-refractivity contribution < 1.29 is 4.74 Å². The molecule has 4 nitrogen and oxygen atoms in total. The van der Waals surface area contributed by atoms with Crippen molar-refractivity contribution in [3.05, 3.63) is 82.1 Å². The molecular formula is C20H22ClN3O. The quantitative estimate of drug-likeness (QED) is 0.717. The number of methoxy groups -OCH3 is 1. The van der Waals surface area contributed by atoms with Crippen LogP contribution in [0.5, 0.6) is 5.75 Å². The fourth-order valence-corrected chi connectivity index (χ4v) is 2.95. The topological polar surface area (TPSA) is 39.1 Å². The number of hydrogen-bond donors (Lipinski definition) is 1. The number of benzene rings is 2. The average molecular weight is 356 g/mol. The number of halogens is 1. The van der Waals surface area contributed by atoms with Gasteiger partial charge in [0, 0.05) is 29.9 Å². The third kappa shape index (κ3) is 4.03. The van der Waals surface area contributed by atoms with Crippen LogP contribution in [-0.4, -0.2) is 16.9 Å². The highest BCUT2D eigenvalue weighted by Crippen LogP contribution is 2.26. The maximum Gasteiger partial charge on any atom is 0.118 e. The largest absolute Gasteiger partial charge is 0.497 e. The van der Waals surface area contributed by atoms with Gasteiger partial charge in [0.1, 0.15) is 5.75 Å². The molecule has 1 atom stereocenters. The highest BCUT2D eigenvalue weighted by atomic mass is 35.5. The molecule has 2 aromatic carbocycles. The summed E-state index contributed by atoms with van der Waals surface area (Å²) in [7, 11) is 3.64. The standard InChI is InChI=1S/C20H22ClN3O/c1-14-19(13-23-24(14)2)20(16-6-8-17(21)9-7-16)22-12-15-4-10-18(25-3)11-5-15/h4-11,13,20,22H,12H2,1-3H3. The van der Waals surface area contributed by atoms with Gasteiger partial charge >= 0.3 is 0 Å². The molecule has 0 bridgehead atoms. The maximum absolute atomic E-state index is 6.05. The van der Waals surface area contributed by atoms with Crippen molar-refractivity contribution in [3.8, 4) is 5.75 Å². The molecule has 1 unspecified atom stereocenters. The van der Waals surface area contributed by atoms with Gasteiger partial charge in [-0.2, -0.15) is 5.10 Å². The Balaban J connectivity index is 1.85. The molecule has 0 saturated heterocycles. The number of hydrogen-bond acceptors (Lipinski definition) is 3. The molecular weight excluding hydrogens is 334 g/mol. The summed E-state index contributed by atoms with van der Waals surface area (Å²) in [4.78, 5) is 0. The molecule has 0 radical (unpaired) electrons. The van der Waals surface area contributed by atoms with Gasteiger partial charge in [0.05, 0.1) is 19.3 Å². The monoisotopic (exact) mass is 355 g/mol. The summed E-state index contributed by atoms with van der Waals surface area (Å²) in [6, 6.07) is 16.1. The maximum atomic E-state index is 6.05. The first-order valence-corrected chi connectivity index (χ1v) is 8.56. The van der Waals surface area contributed by atoms with Gasteiger partial charge in [-0.3, -0.25) is 4.68 Å². The highest BCUT2D eigenvalue weighted by Gasteiger charge is 2.18. The molecule has 0 aliphatic heterocycles. The van der Waals surface area contributed by atoms with Gasteiger partial charge in [0.15, 0.2) is 0 Å². The Labute approximate surface area is 153 Å². The molecule has 0 fully saturated rings. The van der Waals surface area contributed by atoms with E-state index in [1.54, 1.807) is 7.11 Å². The second-order valence-electron chi connectivity index (χ2n) is 6.02. The lowest BCUT2D eigenvalue weighted by atomic mass is 9.99. The molecule has 0 aliphatic carbocycles. The molecule has 3 rings (SSSR count). The van der Waals surface area contributed by atoms with Crippen LogP contribution in [0.2, 0.25) is 5.02 Å². The van der Waals surface area contributed by atoms with Gasteiger partial charge in [0.25, 0.3) is 0 Å². The van der Waals surface area contributed by atoms with Crippen molar-refractivity contribution in [2.24, 2.45) is 7.05 Å². The highest BCUT2D eigenvalue weighted by molar-refractivity contribution is 6.30. The van der Waals surface area contributed by atoms with E-state index in [0.29, 0.717) is 0 Å². The van der Waals surface area contributed by atoms with Crippen molar-refractivity contribution in [2.75, 3.05) is 7.11 Å². The lowest BCUT2D eigenvalue weighted by Crippen LogP contribution is -2.22. The lowest BCUT2D eigenvalue weighted by molar-refractivity contribution is 0.414. The van der Waals surface area contributed by atoms with Crippen LogP contribution < -0.4 is 10.1 Å². The molecule has 25 heavy (non-hydrogen) atoms. The number of ether oxygens (including phenoxy) is 1. The Bertz CT molecular complexity index is 825. The Morgan fingerprint density at radius 1 is 1.12 bits per heavy atom. The molecule has 0 aliphatic rings. The predicted octanol–water partition coefficient (Wildman–Crippen LogP) is 4.27. The van der Waals surface area contributed by atoms with Crippen molar-refractivity contribution >= 4 is 11.6 Å².